The third-order valence-corrected chi connectivity index (χ3v) is 5.90. The van der Waals surface area contributed by atoms with Crippen molar-refractivity contribution in [3.63, 3.8) is 0 Å². The van der Waals surface area contributed by atoms with E-state index in [9.17, 15) is 9.59 Å². The zero-order chi connectivity index (χ0) is 25.5. The number of carbonyl (C=O) groups excluding carboxylic acids is 2. The molecule has 0 saturated carbocycles. The quantitative estimate of drug-likeness (QED) is 0.335. The van der Waals surface area contributed by atoms with Gasteiger partial charge in [-0.05, 0) is 67.3 Å². The molecule has 3 aromatic carbocycles. The van der Waals surface area contributed by atoms with E-state index in [1.807, 2.05) is 85.1 Å². The van der Waals surface area contributed by atoms with Crippen molar-refractivity contribution in [3.05, 3.63) is 107 Å². The van der Waals surface area contributed by atoms with Crippen molar-refractivity contribution >= 4 is 23.2 Å². The van der Waals surface area contributed by atoms with Crippen LogP contribution < -0.4 is 15.4 Å². The fourth-order valence-electron chi connectivity index (χ4n) is 3.88. The highest BCUT2D eigenvalue weighted by molar-refractivity contribution is 6.03. The van der Waals surface area contributed by atoms with Crippen molar-refractivity contribution in [2.24, 2.45) is 0 Å². The second kappa shape index (κ2) is 11.4. The minimum atomic E-state index is -0.242. The number of rotatable bonds is 9. The Hall–Kier alpha value is -4.39. The lowest BCUT2D eigenvalue weighted by atomic mass is 10.1. The number of methoxy groups -OCH3 is 1. The van der Waals surface area contributed by atoms with Crippen molar-refractivity contribution in [3.8, 4) is 5.75 Å². The highest BCUT2D eigenvalue weighted by atomic mass is 16.5. The molecule has 0 aliphatic carbocycles. The lowest BCUT2D eigenvalue weighted by Crippen LogP contribution is -2.13. The number of aryl methyl sites for hydroxylation is 3. The molecule has 0 aliphatic rings. The Kier molecular flexibility index (Phi) is 7.80. The van der Waals surface area contributed by atoms with Gasteiger partial charge in [0.1, 0.15) is 11.4 Å². The number of aromatic nitrogens is 2. The third-order valence-electron chi connectivity index (χ3n) is 5.90. The molecule has 184 valence electrons. The first kappa shape index (κ1) is 24.7. The zero-order valence-corrected chi connectivity index (χ0v) is 20.7. The van der Waals surface area contributed by atoms with E-state index in [1.54, 1.807) is 19.6 Å². The molecule has 36 heavy (non-hydrogen) atoms. The van der Waals surface area contributed by atoms with Gasteiger partial charge in [-0.15, -0.1) is 0 Å². The standard InChI is InChI=1S/C29H30N4O3/c1-20-4-14-26(21(2)16-20)32-29(35)27-18-33(19-30-27)17-23-5-10-24(11-6-23)31-28(34)15-9-22-7-12-25(36-3)13-8-22/h4-8,10-14,16,18-19H,9,15,17H2,1-3H3,(H,31,34)(H,32,35). The Morgan fingerprint density at radius 1 is 0.917 bits per heavy atom. The van der Waals surface area contributed by atoms with E-state index in [0.717, 1.165) is 39.4 Å². The first-order valence-corrected chi connectivity index (χ1v) is 11.8. The summed E-state index contributed by atoms with van der Waals surface area (Å²) < 4.78 is 7.02. The zero-order valence-electron chi connectivity index (χ0n) is 20.7. The molecule has 0 radical (unpaired) electrons. The van der Waals surface area contributed by atoms with Gasteiger partial charge in [0.15, 0.2) is 0 Å². The van der Waals surface area contributed by atoms with E-state index in [2.05, 4.69) is 15.6 Å². The molecule has 2 amide bonds. The van der Waals surface area contributed by atoms with Gasteiger partial charge in [0.05, 0.1) is 13.4 Å². The largest absolute Gasteiger partial charge is 0.497 e. The molecule has 4 aromatic rings. The van der Waals surface area contributed by atoms with E-state index >= 15 is 0 Å². The summed E-state index contributed by atoms with van der Waals surface area (Å²) in [7, 11) is 1.63. The molecule has 7 heteroatoms. The Morgan fingerprint density at radius 3 is 2.33 bits per heavy atom. The van der Waals surface area contributed by atoms with Gasteiger partial charge in [0.2, 0.25) is 5.91 Å². The van der Waals surface area contributed by atoms with Gasteiger partial charge in [0, 0.05) is 30.5 Å². The second-order valence-electron chi connectivity index (χ2n) is 8.80. The van der Waals surface area contributed by atoms with E-state index in [-0.39, 0.29) is 11.8 Å². The van der Waals surface area contributed by atoms with Crippen LogP contribution in [0, 0.1) is 13.8 Å². The fourth-order valence-corrected chi connectivity index (χ4v) is 3.88. The van der Waals surface area contributed by atoms with Crippen LogP contribution in [0.25, 0.3) is 0 Å². The summed E-state index contributed by atoms with van der Waals surface area (Å²) in [6, 6.07) is 21.3. The van der Waals surface area contributed by atoms with Crippen LogP contribution in [0.1, 0.15) is 39.2 Å². The number of carbonyl (C=O) groups is 2. The van der Waals surface area contributed by atoms with Gasteiger partial charge in [-0.25, -0.2) is 4.98 Å². The number of ether oxygens (including phenoxy) is 1. The van der Waals surface area contributed by atoms with Gasteiger partial charge in [-0.1, -0.05) is 42.0 Å². The molecular formula is C29H30N4O3. The van der Waals surface area contributed by atoms with E-state index < -0.39 is 0 Å². The topological polar surface area (TPSA) is 85.2 Å². The maximum atomic E-state index is 12.6. The van der Waals surface area contributed by atoms with Gasteiger partial charge >= 0.3 is 0 Å². The Bertz CT molecular complexity index is 1340. The molecule has 0 spiro atoms. The summed E-state index contributed by atoms with van der Waals surface area (Å²) in [4.78, 5) is 29.2. The number of anilines is 2. The average Bonchev–Trinajstić information content (AvgIpc) is 3.34. The molecule has 0 atom stereocenters. The summed E-state index contributed by atoms with van der Waals surface area (Å²) in [5, 5.41) is 5.86. The minimum absolute atomic E-state index is 0.0346. The minimum Gasteiger partial charge on any atom is -0.497 e. The lowest BCUT2D eigenvalue weighted by molar-refractivity contribution is -0.116. The SMILES string of the molecule is COc1ccc(CCC(=O)Nc2ccc(Cn3cnc(C(=O)Nc4ccc(C)cc4C)c3)cc2)cc1. The molecule has 0 saturated heterocycles. The van der Waals surface area contributed by atoms with E-state index in [0.29, 0.717) is 25.1 Å². The van der Waals surface area contributed by atoms with Crippen LogP contribution in [0.4, 0.5) is 11.4 Å². The summed E-state index contributed by atoms with van der Waals surface area (Å²) in [5.74, 6) is 0.525. The summed E-state index contributed by atoms with van der Waals surface area (Å²) in [6.45, 7) is 4.55. The molecule has 0 unspecified atom stereocenters. The number of benzene rings is 3. The van der Waals surface area contributed by atoms with Crippen LogP contribution in [0.15, 0.2) is 79.3 Å². The molecule has 0 fully saturated rings. The van der Waals surface area contributed by atoms with Crippen molar-refractivity contribution < 1.29 is 14.3 Å². The molecule has 1 heterocycles. The predicted octanol–water partition coefficient (Wildman–Crippen LogP) is 5.38. The smallest absolute Gasteiger partial charge is 0.275 e. The average molecular weight is 483 g/mol. The Balaban J connectivity index is 1.27. The van der Waals surface area contributed by atoms with E-state index in [4.69, 9.17) is 4.74 Å². The van der Waals surface area contributed by atoms with Crippen LogP contribution in [-0.2, 0) is 17.8 Å². The molecular weight excluding hydrogens is 452 g/mol. The van der Waals surface area contributed by atoms with E-state index in [1.165, 1.54) is 0 Å². The van der Waals surface area contributed by atoms with Crippen molar-refractivity contribution in [2.45, 2.75) is 33.2 Å². The van der Waals surface area contributed by atoms with Crippen molar-refractivity contribution in [1.29, 1.82) is 0 Å². The van der Waals surface area contributed by atoms with Crippen LogP contribution in [0.2, 0.25) is 0 Å². The molecule has 2 N–H and O–H groups in total. The van der Waals surface area contributed by atoms with Crippen LogP contribution >= 0.6 is 0 Å². The second-order valence-corrected chi connectivity index (χ2v) is 8.80. The lowest BCUT2D eigenvalue weighted by Gasteiger charge is -2.08. The molecule has 4 rings (SSSR count). The van der Waals surface area contributed by atoms with Crippen LogP contribution in [0.3, 0.4) is 0 Å². The number of imidazole rings is 1. The van der Waals surface area contributed by atoms with Gasteiger partial charge in [-0.2, -0.15) is 0 Å². The number of hydrogen-bond donors (Lipinski definition) is 2. The monoisotopic (exact) mass is 482 g/mol. The van der Waals surface area contributed by atoms with Crippen molar-refractivity contribution in [1.82, 2.24) is 9.55 Å². The summed E-state index contributed by atoms with van der Waals surface area (Å²) in [5.41, 5.74) is 6.16. The predicted molar refractivity (Wildman–Crippen MR) is 142 cm³/mol. The van der Waals surface area contributed by atoms with Gasteiger partial charge in [-0.3, -0.25) is 9.59 Å². The first-order chi connectivity index (χ1) is 17.4. The Labute approximate surface area is 211 Å². The van der Waals surface area contributed by atoms with Crippen LogP contribution in [-0.4, -0.2) is 28.5 Å². The van der Waals surface area contributed by atoms with Gasteiger partial charge < -0.3 is 19.9 Å². The fraction of sp³-hybridized carbons (Fsp3) is 0.207. The Morgan fingerprint density at radius 2 is 1.64 bits per heavy atom. The van der Waals surface area contributed by atoms with Crippen LogP contribution in [0.5, 0.6) is 5.75 Å². The molecule has 1 aromatic heterocycles. The highest BCUT2D eigenvalue weighted by Crippen LogP contribution is 2.18. The normalized spacial score (nSPS) is 10.6. The number of hydrogen-bond acceptors (Lipinski definition) is 4. The molecule has 0 aliphatic heterocycles. The summed E-state index contributed by atoms with van der Waals surface area (Å²) >= 11 is 0. The molecule has 0 bridgehead atoms. The first-order valence-electron chi connectivity index (χ1n) is 11.8. The number of nitrogens with zero attached hydrogens (tertiary/aromatic N) is 2. The summed E-state index contributed by atoms with van der Waals surface area (Å²) in [6.07, 6.45) is 4.43. The maximum absolute atomic E-state index is 12.6. The number of amides is 2. The maximum Gasteiger partial charge on any atom is 0.275 e. The highest BCUT2D eigenvalue weighted by Gasteiger charge is 2.11. The third kappa shape index (κ3) is 6.60. The number of nitrogens with one attached hydrogen (secondary N) is 2. The molecule has 7 nitrogen and oxygen atoms in total. The van der Waals surface area contributed by atoms with Crippen molar-refractivity contribution in [2.75, 3.05) is 17.7 Å². The van der Waals surface area contributed by atoms with Gasteiger partial charge in [0.25, 0.3) is 5.91 Å².